The van der Waals surface area contributed by atoms with Crippen molar-refractivity contribution in [3.63, 3.8) is 0 Å². The monoisotopic (exact) mass is 412 g/mol. The van der Waals surface area contributed by atoms with Gasteiger partial charge in [0.15, 0.2) is 0 Å². The van der Waals surface area contributed by atoms with Gasteiger partial charge < -0.3 is 20.1 Å². The van der Waals surface area contributed by atoms with Crippen LogP contribution in [-0.4, -0.2) is 53.1 Å². The highest BCUT2D eigenvalue weighted by atomic mass is 16.1. The molecule has 0 radical (unpaired) electrons. The highest BCUT2D eigenvalue weighted by Gasteiger charge is 2.15. The minimum Gasteiger partial charge on any atom is -0.368 e. The van der Waals surface area contributed by atoms with Crippen LogP contribution in [0.4, 0.5) is 17.2 Å². The van der Waals surface area contributed by atoms with Gasteiger partial charge in [0, 0.05) is 44.8 Å². The zero-order valence-corrected chi connectivity index (χ0v) is 17.4. The van der Waals surface area contributed by atoms with E-state index in [1.165, 1.54) is 0 Å². The largest absolute Gasteiger partial charge is 0.368 e. The molecule has 0 bridgehead atoms. The number of hydrogen-bond acceptors (Lipinski definition) is 6. The number of pyridine rings is 3. The molecule has 1 saturated heterocycles. The second-order valence-corrected chi connectivity index (χ2v) is 7.81. The molecule has 2 N–H and O–H groups in total. The van der Waals surface area contributed by atoms with Gasteiger partial charge in [-0.15, -0.1) is 0 Å². The average Bonchev–Trinajstić information content (AvgIpc) is 2.81. The maximum Gasteiger partial charge on any atom is 0.257 e. The zero-order chi connectivity index (χ0) is 21.2. The predicted molar refractivity (Wildman–Crippen MR) is 125 cm³/mol. The SMILES string of the molecule is CN1CCN(c2ccc(Nc3ccc(-c4ccncc4)c4cc[nH]c(=O)c34)nc2)CC1. The summed E-state index contributed by atoms with van der Waals surface area (Å²) in [7, 11) is 2.15. The topological polar surface area (TPSA) is 77.1 Å². The molecule has 0 unspecified atom stereocenters. The molecule has 1 aromatic carbocycles. The fraction of sp³-hybridized carbons (Fsp3) is 0.208. The summed E-state index contributed by atoms with van der Waals surface area (Å²) in [5.74, 6) is 0.707. The van der Waals surface area contributed by atoms with Crippen molar-refractivity contribution in [3.8, 4) is 11.1 Å². The van der Waals surface area contributed by atoms with Crippen LogP contribution in [0.5, 0.6) is 0 Å². The number of aromatic nitrogens is 3. The van der Waals surface area contributed by atoms with Crippen molar-refractivity contribution in [2.45, 2.75) is 0 Å². The average molecular weight is 412 g/mol. The summed E-state index contributed by atoms with van der Waals surface area (Å²) in [5.41, 5.74) is 3.73. The van der Waals surface area contributed by atoms with Gasteiger partial charge in [0.05, 0.1) is 23.0 Å². The van der Waals surface area contributed by atoms with Crippen LogP contribution in [0.2, 0.25) is 0 Å². The van der Waals surface area contributed by atoms with Crippen molar-refractivity contribution in [2.75, 3.05) is 43.4 Å². The minimum absolute atomic E-state index is 0.134. The molecule has 7 nitrogen and oxygen atoms in total. The second-order valence-electron chi connectivity index (χ2n) is 7.81. The quantitative estimate of drug-likeness (QED) is 0.534. The number of nitrogens with zero attached hydrogens (tertiary/aromatic N) is 4. The molecule has 31 heavy (non-hydrogen) atoms. The lowest BCUT2D eigenvalue weighted by molar-refractivity contribution is 0.313. The Hall–Kier alpha value is -3.71. The fourth-order valence-electron chi connectivity index (χ4n) is 4.05. The highest BCUT2D eigenvalue weighted by molar-refractivity contribution is 6.03. The van der Waals surface area contributed by atoms with Crippen LogP contribution >= 0.6 is 0 Å². The number of nitrogens with one attached hydrogen (secondary N) is 2. The van der Waals surface area contributed by atoms with Crippen molar-refractivity contribution in [1.82, 2.24) is 19.9 Å². The lowest BCUT2D eigenvalue weighted by Gasteiger charge is -2.33. The maximum atomic E-state index is 12.7. The molecular formula is C24H24N6O. The summed E-state index contributed by atoms with van der Waals surface area (Å²) in [6, 6.07) is 13.8. The first-order valence-electron chi connectivity index (χ1n) is 10.4. The van der Waals surface area contributed by atoms with Gasteiger partial charge in [-0.1, -0.05) is 6.07 Å². The molecule has 0 amide bonds. The predicted octanol–water partition coefficient (Wildman–Crippen LogP) is 3.48. The van der Waals surface area contributed by atoms with E-state index in [4.69, 9.17) is 0 Å². The Morgan fingerprint density at radius 1 is 0.968 bits per heavy atom. The summed E-state index contributed by atoms with van der Waals surface area (Å²) < 4.78 is 0. The van der Waals surface area contributed by atoms with Crippen molar-refractivity contribution in [1.29, 1.82) is 0 Å². The molecule has 3 aromatic heterocycles. The standard InChI is InChI=1S/C24H24N6O/c1-29-12-14-30(15-13-29)18-2-5-22(27-16-18)28-21-4-3-19(17-6-9-25-10-7-17)20-8-11-26-24(31)23(20)21/h2-11,16H,12-15H2,1H3,(H,26,31)(H,27,28). The van der Waals surface area contributed by atoms with E-state index in [2.05, 4.69) is 43.2 Å². The Balaban J connectivity index is 1.47. The molecule has 4 heterocycles. The Morgan fingerprint density at radius 2 is 1.77 bits per heavy atom. The third-order valence-corrected chi connectivity index (χ3v) is 5.81. The minimum atomic E-state index is -0.134. The number of H-pyrrole nitrogens is 1. The molecule has 0 saturated carbocycles. The van der Waals surface area contributed by atoms with E-state index in [1.54, 1.807) is 18.6 Å². The molecule has 1 aliphatic rings. The Morgan fingerprint density at radius 3 is 2.52 bits per heavy atom. The molecule has 7 heteroatoms. The van der Waals surface area contributed by atoms with Crippen molar-refractivity contribution in [2.24, 2.45) is 0 Å². The van der Waals surface area contributed by atoms with E-state index in [-0.39, 0.29) is 5.56 Å². The molecule has 0 aliphatic carbocycles. The van der Waals surface area contributed by atoms with Gasteiger partial charge in [-0.05, 0) is 60.0 Å². The molecule has 1 aliphatic heterocycles. The van der Waals surface area contributed by atoms with E-state index in [0.29, 0.717) is 11.2 Å². The van der Waals surface area contributed by atoms with Gasteiger partial charge >= 0.3 is 0 Å². The molecular weight excluding hydrogens is 388 g/mol. The van der Waals surface area contributed by atoms with Crippen LogP contribution in [0.1, 0.15) is 0 Å². The number of fused-ring (bicyclic) bond motifs is 1. The van der Waals surface area contributed by atoms with Gasteiger partial charge in [-0.25, -0.2) is 4.98 Å². The summed E-state index contributed by atoms with van der Waals surface area (Å²) >= 11 is 0. The van der Waals surface area contributed by atoms with Crippen LogP contribution < -0.4 is 15.8 Å². The molecule has 1 fully saturated rings. The van der Waals surface area contributed by atoms with Crippen LogP contribution in [0.15, 0.2) is 72.0 Å². The Kier molecular flexibility index (Phi) is 5.09. The van der Waals surface area contributed by atoms with Gasteiger partial charge in [-0.2, -0.15) is 0 Å². The summed E-state index contributed by atoms with van der Waals surface area (Å²) in [6.45, 7) is 4.11. The molecule has 0 atom stereocenters. The van der Waals surface area contributed by atoms with Gasteiger partial charge in [-0.3, -0.25) is 9.78 Å². The summed E-state index contributed by atoms with van der Waals surface area (Å²) in [4.78, 5) is 28.9. The summed E-state index contributed by atoms with van der Waals surface area (Å²) in [5, 5.41) is 4.83. The number of benzene rings is 1. The maximum absolute atomic E-state index is 12.7. The zero-order valence-electron chi connectivity index (χ0n) is 17.4. The molecule has 5 rings (SSSR count). The third kappa shape index (κ3) is 3.87. The van der Waals surface area contributed by atoms with E-state index in [9.17, 15) is 4.79 Å². The molecule has 0 spiro atoms. The first-order valence-corrected chi connectivity index (χ1v) is 10.4. The number of piperazine rings is 1. The lowest BCUT2D eigenvalue weighted by atomic mass is 9.99. The van der Waals surface area contributed by atoms with E-state index < -0.39 is 0 Å². The van der Waals surface area contributed by atoms with Crippen molar-refractivity contribution in [3.05, 3.63) is 77.6 Å². The number of hydrogen-bond donors (Lipinski definition) is 2. The lowest BCUT2D eigenvalue weighted by Crippen LogP contribution is -2.44. The first kappa shape index (κ1) is 19.3. The number of rotatable bonds is 4. The first-order chi connectivity index (χ1) is 15.2. The fourth-order valence-corrected chi connectivity index (χ4v) is 4.05. The Labute approximate surface area is 180 Å². The van der Waals surface area contributed by atoms with E-state index in [1.807, 2.05) is 42.6 Å². The Bertz CT molecular complexity index is 1240. The van der Waals surface area contributed by atoms with Crippen LogP contribution in [0, 0.1) is 0 Å². The smallest absolute Gasteiger partial charge is 0.257 e. The number of anilines is 3. The van der Waals surface area contributed by atoms with Crippen LogP contribution in [0.25, 0.3) is 21.9 Å². The van der Waals surface area contributed by atoms with Crippen molar-refractivity contribution >= 4 is 28.0 Å². The van der Waals surface area contributed by atoms with Crippen LogP contribution in [0.3, 0.4) is 0 Å². The van der Waals surface area contributed by atoms with Crippen LogP contribution in [-0.2, 0) is 0 Å². The normalized spacial score (nSPS) is 14.7. The van der Waals surface area contributed by atoms with Gasteiger partial charge in [0.25, 0.3) is 5.56 Å². The van der Waals surface area contributed by atoms with E-state index in [0.717, 1.165) is 54.1 Å². The highest BCUT2D eigenvalue weighted by Crippen LogP contribution is 2.32. The number of aromatic amines is 1. The molecule has 156 valence electrons. The van der Waals surface area contributed by atoms with Crippen molar-refractivity contribution < 1.29 is 0 Å². The molecule has 4 aromatic rings. The van der Waals surface area contributed by atoms with E-state index >= 15 is 0 Å². The van der Waals surface area contributed by atoms with Gasteiger partial charge in [0.1, 0.15) is 5.82 Å². The third-order valence-electron chi connectivity index (χ3n) is 5.81. The second kappa shape index (κ2) is 8.20. The number of likely N-dealkylation sites (N-methyl/N-ethyl adjacent to an activating group) is 1. The summed E-state index contributed by atoms with van der Waals surface area (Å²) in [6.07, 6.45) is 7.09. The van der Waals surface area contributed by atoms with Gasteiger partial charge in [0.2, 0.25) is 0 Å².